The first-order valence-corrected chi connectivity index (χ1v) is 5.33. The van der Waals surface area contributed by atoms with Crippen molar-refractivity contribution in [1.29, 1.82) is 0 Å². The Hall–Kier alpha value is -1.50. The van der Waals surface area contributed by atoms with Gasteiger partial charge in [0.25, 0.3) is 0 Å². The highest BCUT2D eigenvalue weighted by Crippen LogP contribution is 2.36. The Morgan fingerprint density at radius 1 is 1.27 bits per heavy atom. The number of anilines is 1. The minimum Gasteiger partial charge on any atom is -0.398 e. The van der Waals surface area contributed by atoms with Crippen molar-refractivity contribution in [2.45, 2.75) is 25.7 Å². The molecule has 1 nitrogen and oxygen atoms in total. The average Bonchev–Trinajstić information content (AvgIpc) is 2.23. The largest absolute Gasteiger partial charge is 0.398 e. The maximum absolute atomic E-state index is 6.02. The fourth-order valence-corrected chi connectivity index (χ4v) is 2.04. The summed E-state index contributed by atoms with van der Waals surface area (Å²) in [5.41, 5.74) is 9.53. The molecular formula is C14H17N. The third-order valence-corrected chi connectivity index (χ3v) is 3.14. The van der Waals surface area contributed by atoms with Gasteiger partial charge in [0.2, 0.25) is 0 Å². The van der Waals surface area contributed by atoms with Gasteiger partial charge < -0.3 is 5.73 Å². The van der Waals surface area contributed by atoms with Crippen molar-refractivity contribution in [2.24, 2.45) is 0 Å². The van der Waals surface area contributed by atoms with Gasteiger partial charge in [-0.15, -0.1) is 0 Å². The molecule has 0 radical (unpaired) electrons. The Balaban J connectivity index is 2.40. The number of para-hydroxylation sites is 1. The van der Waals surface area contributed by atoms with E-state index in [0.717, 1.165) is 12.1 Å². The Bertz CT molecular complexity index is 429. The number of allylic oxidation sites excluding steroid dienone is 4. The molecule has 0 aromatic heterocycles. The predicted molar refractivity (Wildman–Crippen MR) is 65.7 cm³/mol. The van der Waals surface area contributed by atoms with Crippen molar-refractivity contribution < 1.29 is 0 Å². The van der Waals surface area contributed by atoms with Crippen molar-refractivity contribution in [2.75, 3.05) is 5.73 Å². The molecule has 2 rings (SSSR count). The first-order chi connectivity index (χ1) is 7.12. The number of benzene rings is 1. The molecule has 1 aromatic rings. The minimum atomic E-state index is 0.0604. The molecule has 0 saturated heterocycles. The van der Waals surface area contributed by atoms with E-state index in [9.17, 15) is 0 Å². The second-order valence-corrected chi connectivity index (χ2v) is 4.49. The quantitative estimate of drug-likeness (QED) is 0.689. The van der Waals surface area contributed by atoms with E-state index in [0.29, 0.717) is 0 Å². The van der Waals surface area contributed by atoms with Crippen LogP contribution in [0.3, 0.4) is 0 Å². The third kappa shape index (κ3) is 1.82. The van der Waals surface area contributed by atoms with E-state index in [-0.39, 0.29) is 5.41 Å². The monoisotopic (exact) mass is 199 g/mol. The molecule has 1 aliphatic rings. The van der Waals surface area contributed by atoms with Crippen molar-refractivity contribution in [3.8, 4) is 0 Å². The van der Waals surface area contributed by atoms with Gasteiger partial charge in [-0.2, -0.15) is 0 Å². The zero-order valence-corrected chi connectivity index (χ0v) is 9.33. The molecule has 0 amide bonds. The molecular weight excluding hydrogens is 182 g/mol. The van der Waals surface area contributed by atoms with Gasteiger partial charge in [0.15, 0.2) is 0 Å². The van der Waals surface area contributed by atoms with Crippen molar-refractivity contribution in [3.05, 3.63) is 53.6 Å². The van der Waals surface area contributed by atoms with Crippen LogP contribution in [0.4, 0.5) is 5.69 Å². The van der Waals surface area contributed by atoms with E-state index in [1.54, 1.807) is 0 Å². The molecule has 0 fully saturated rings. The van der Waals surface area contributed by atoms with E-state index in [1.165, 1.54) is 11.1 Å². The van der Waals surface area contributed by atoms with Crippen LogP contribution in [0.2, 0.25) is 0 Å². The lowest BCUT2D eigenvalue weighted by atomic mass is 9.75. The molecule has 15 heavy (non-hydrogen) atoms. The minimum absolute atomic E-state index is 0.0604. The maximum atomic E-state index is 6.02. The highest BCUT2D eigenvalue weighted by Gasteiger charge is 2.25. The number of hydrogen-bond donors (Lipinski definition) is 1. The first kappa shape index (κ1) is 10.0. The second kappa shape index (κ2) is 3.58. The summed E-state index contributed by atoms with van der Waals surface area (Å²) in [5, 5.41) is 0. The van der Waals surface area contributed by atoms with Gasteiger partial charge in [0.1, 0.15) is 0 Å². The molecule has 2 N–H and O–H groups in total. The lowest BCUT2D eigenvalue weighted by molar-refractivity contribution is 0.598. The van der Waals surface area contributed by atoms with Gasteiger partial charge >= 0.3 is 0 Å². The number of nitrogens with two attached hydrogens (primary N) is 1. The van der Waals surface area contributed by atoms with Crippen molar-refractivity contribution >= 4 is 5.69 Å². The van der Waals surface area contributed by atoms with Gasteiger partial charge in [0, 0.05) is 11.1 Å². The van der Waals surface area contributed by atoms with E-state index < -0.39 is 0 Å². The number of hydrogen-bond acceptors (Lipinski definition) is 1. The first-order valence-electron chi connectivity index (χ1n) is 5.33. The molecule has 0 bridgehead atoms. The Labute approximate surface area is 91.3 Å². The molecule has 0 aliphatic heterocycles. The SMILES string of the molecule is CC1=CCC(C)(c2ccccc2N)C=C1. The van der Waals surface area contributed by atoms with Gasteiger partial charge in [-0.05, 0) is 25.0 Å². The van der Waals surface area contributed by atoms with E-state index in [4.69, 9.17) is 5.73 Å². The Morgan fingerprint density at radius 2 is 2.00 bits per heavy atom. The smallest absolute Gasteiger partial charge is 0.0355 e. The van der Waals surface area contributed by atoms with Gasteiger partial charge in [-0.25, -0.2) is 0 Å². The van der Waals surface area contributed by atoms with E-state index in [2.05, 4.69) is 44.2 Å². The lowest BCUT2D eigenvalue weighted by Crippen LogP contribution is -2.21. The highest BCUT2D eigenvalue weighted by molar-refractivity contribution is 5.53. The van der Waals surface area contributed by atoms with E-state index >= 15 is 0 Å². The summed E-state index contributed by atoms with van der Waals surface area (Å²) in [5.74, 6) is 0. The molecule has 1 atom stereocenters. The van der Waals surface area contributed by atoms with Gasteiger partial charge in [-0.1, -0.05) is 48.9 Å². The fraction of sp³-hybridized carbons (Fsp3) is 0.286. The van der Waals surface area contributed by atoms with Crippen LogP contribution in [0, 0.1) is 0 Å². The van der Waals surface area contributed by atoms with E-state index in [1.807, 2.05) is 12.1 Å². The van der Waals surface area contributed by atoms with Crippen LogP contribution >= 0.6 is 0 Å². The van der Waals surface area contributed by atoms with Crippen LogP contribution in [0.1, 0.15) is 25.8 Å². The Kier molecular flexibility index (Phi) is 2.39. The van der Waals surface area contributed by atoms with Crippen LogP contribution in [-0.2, 0) is 5.41 Å². The normalized spacial score (nSPS) is 25.1. The molecule has 0 spiro atoms. The molecule has 0 saturated carbocycles. The van der Waals surface area contributed by atoms with Crippen LogP contribution in [-0.4, -0.2) is 0 Å². The zero-order valence-electron chi connectivity index (χ0n) is 9.33. The number of nitrogen functional groups attached to an aromatic ring is 1. The summed E-state index contributed by atoms with van der Waals surface area (Å²) >= 11 is 0. The molecule has 78 valence electrons. The Morgan fingerprint density at radius 3 is 2.60 bits per heavy atom. The summed E-state index contributed by atoms with van der Waals surface area (Å²) in [7, 11) is 0. The molecule has 1 heteroatoms. The summed E-state index contributed by atoms with van der Waals surface area (Å²) in [6.45, 7) is 4.36. The maximum Gasteiger partial charge on any atom is 0.0355 e. The number of rotatable bonds is 1. The highest BCUT2D eigenvalue weighted by atomic mass is 14.6. The summed E-state index contributed by atoms with van der Waals surface area (Å²) in [4.78, 5) is 0. The standard InChI is InChI=1S/C14H17N/c1-11-7-9-14(2,10-8-11)12-5-3-4-6-13(12)15/h3-9H,10,15H2,1-2H3. The van der Waals surface area contributed by atoms with Crippen LogP contribution in [0.5, 0.6) is 0 Å². The second-order valence-electron chi connectivity index (χ2n) is 4.49. The lowest BCUT2D eigenvalue weighted by Gasteiger charge is -2.29. The summed E-state index contributed by atoms with van der Waals surface area (Å²) in [6.07, 6.45) is 7.74. The summed E-state index contributed by atoms with van der Waals surface area (Å²) in [6, 6.07) is 8.12. The molecule has 1 aliphatic carbocycles. The summed E-state index contributed by atoms with van der Waals surface area (Å²) < 4.78 is 0. The van der Waals surface area contributed by atoms with Crippen LogP contribution in [0.15, 0.2) is 48.1 Å². The van der Waals surface area contributed by atoms with Crippen LogP contribution in [0.25, 0.3) is 0 Å². The van der Waals surface area contributed by atoms with Crippen molar-refractivity contribution in [1.82, 2.24) is 0 Å². The fourth-order valence-electron chi connectivity index (χ4n) is 2.04. The average molecular weight is 199 g/mol. The molecule has 0 heterocycles. The third-order valence-electron chi connectivity index (χ3n) is 3.14. The van der Waals surface area contributed by atoms with Gasteiger partial charge in [-0.3, -0.25) is 0 Å². The topological polar surface area (TPSA) is 26.0 Å². The predicted octanol–water partition coefficient (Wildman–Crippen LogP) is 3.43. The van der Waals surface area contributed by atoms with Crippen LogP contribution < -0.4 is 5.73 Å². The van der Waals surface area contributed by atoms with Gasteiger partial charge in [0.05, 0.1) is 0 Å². The molecule has 1 aromatic carbocycles. The van der Waals surface area contributed by atoms with Crippen molar-refractivity contribution in [3.63, 3.8) is 0 Å². The zero-order chi connectivity index (χ0) is 10.9. The molecule has 1 unspecified atom stereocenters.